The molecule has 0 amide bonds. The molecule has 0 spiro atoms. The highest BCUT2D eigenvalue weighted by Gasteiger charge is 2.22. The average molecular weight is 399 g/mol. The fourth-order valence-corrected chi connectivity index (χ4v) is 3.78. The maximum atomic E-state index is 12.5. The first-order valence-electron chi connectivity index (χ1n) is 9.14. The molecule has 144 valence electrons. The summed E-state index contributed by atoms with van der Waals surface area (Å²) in [4.78, 5) is 34.6. The lowest BCUT2D eigenvalue weighted by atomic mass is 9.93. The van der Waals surface area contributed by atoms with E-state index in [-0.39, 0.29) is 17.7 Å². The van der Waals surface area contributed by atoms with E-state index < -0.39 is 0 Å². The van der Waals surface area contributed by atoms with Gasteiger partial charge in [0.15, 0.2) is 0 Å². The van der Waals surface area contributed by atoms with Gasteiger partial charge in [0.1, 0.15) is 11.8 Å². The Balaban J connectivity index is 1.55. The maximum Gasteiger partial charge on any atom is 0.293 e. The van der Waals surface area contributed by atoms with Crippen LogP contribution in [-0.2, 0) is 9.53 Å². The number of benzene rings is 1. The Morgan fingerprint density at radius 3 is 2.71 bits per heavy atom. The zero-order valence-corrected chi connectivity index (χ0v) is 15.8. The van der Waals surface area contributed by atoms with E-state index in [4.69, 9.17) is 16.3 Å². The molecule has 2 N–H and O–H groups in total. The van der Waals surface area contributed by atoms with Gasteiger partial charge in [-0.1, -0.05) is 29.8 Å². The van der Waals surface area contributed by atoms with Crippen molar-refractivity contribution in [1.29, 1.82) is 0 Å². The number of aromatic nitrogens is 3. The van der Waals surface area contributed by atoms with Crippen molar-refractivity contribution < 1.29 is 9.53 Å². The average Bonchev–Trinajstić information content (AvgIpc) is 2.70. The van der Waals surface area contributed by atoms with Crippen molar-refractivity contribution in [1.82, 2.24) is 15.0 Å². The molecule has 0 saturated heterocycles. The molecule has 0 bridgehead atoms. The van der Waals surface area contributed by atoms with Crippen LogP contribution in [0.5, 0.6) is 0 Å². The first kappa shape index (κ1) is 18.4. The number of carbonyl (C=O) groups is 1. The smallest absolute Gasteiger partial charge is 0.293 e. The number of rotatable bonds is 5. The van der Waals surface area contributed by atoms with Crippen molar-refractivity contribution in [3.05, 3.63) is 51.9 Å². The largest absolute Gasteiger partial charge is 0.465 e. The molecular weight excluding hydrogens is 380 g/mol. The van der Waals surface area contributed by atoms with E-state index >= 15 is 0 Å². The number of hydrogen-bond acceptors (Lipinski definition) is 6. The van der Waals surface area contributed by atoms with E-state index in [1.54, 1.807) is 24.4 Å². The first-order valence-corrected chi connectivity index (χ1v) is 9.52. The Kier molecular flexibility index (Phi) is 5.25. The normalized spacial score (nSPS) is 19.3. The first-order chi connectivity index (χ1) is 13.6. The van der Waals surface area contributed by atoms with E-state index in [1.807, 2.05) is 12.1 Å². The van der Waals surface area contributed by atoms with Gasteiger partial charge < -0.3 is 15.0 Å². The van der Waals surface area contributed by atoms with E-state index in [2.05, 4.69) is 20.3 Å². The lowest BCUT2D eigenvalue weighted by Crippen LogP contribution is -2.30. The Bertz CT molecular complexity index is 1060. The molecule has 0 radical (unpaired) electrons. The third-order valence-electron chi connectivity index (χ3n) is 5.01. The van der Waals surface area contributed by atoms with Gasteiger partial charge in [0.2, 0.25) is 5.95 Å². The highest BCUT2D eigenvalue weighted by atomic mass is 35.5. The summed E-state index contributed by atoms with van der Waals surface area (Å²) in [5, 5.41) is 4.54. The van der Waals surface area contributed by atoms with Crippen molar-refractivity contribution in [2.75, 3.05) is 5.32 Å². The number of anilines is 1. The van der Waals surface area contributed by atoms with Gasteiger partial charge in [-0.25, -0.2) is 4.98 Å². The van der Waals surface area contributed by atoms with Crippen LogP contribution in [0.1, 0.15) is 25.7 Å². The summed E-state index contributed by atoms with van der Waals surface area (Å²) in [5.74, 6) is 0.466. The fraction of sp³-hybridized carbons (Fsp3) is 0.300. The van der Waals surface area contributed by atoms with Crippen LogP contribution < -0.4 is 10.9 Å². The number of nitrogens with zero attached hydrogens (tertiary/aromatic N) is 2. The number of H-pyrrole nitrogens is 1. The third kappa shape index (κ3) is 3.84. The molecule has 2 aromatic heterocycles. The summed E-state index contributed by atoms with van der Waals surface area (Å²) < 4.78 is 5.02. The van der Waals surface area contributed by atoms with Crippen LogP contribution in [-0.4, -0.2) is 33.6 Å². The summed E-state index contributed by atoms with van der Waals surface area (Å²) in [5.41, 5.74) is 1.37. The Labute approximate surface area is 166 Å². The number of fused-ring (bicyclic) bond motifs is 1. The van der Waals surface area contributed by atoms with Gasteiger partial charge in [0.25, 0.3) is 12.0 Å². The van der Waals surface area contributed by atoms with Crippen LogP contribution in [0.15, 0.2) is 41.3 Å². The zero-order valence-electron chi connectivity index (χ0n) is 15.0. The minimum absolute atomic E-state index is 0.00680. The number of carbonyl (C=O) groups excluding carboxylic acids is 1. The standard InChI is InChI=1S/C20H19ClN4O3/c21-17-4-2-1-3-15(17)16-9-12-10-22-20(25-18(12)24-19(16)27)23-13-5-7-14(8-6-13)28-11-26/h1-4,9-11,13-14H,5-8H2,(H2,22,23,24,25,27). The molecule has 1 aromatic carbocycles. The van der Waals surface area contributed by atoms with E-state index in [1.165, 1.54) is 0 Å². The molecule has 0 unspecified atom stereocenters. The minimum atomic E-state index is -0.253. The van der Waals surface area contributed by atoms with E-state index in [9.17, 15) is 9.59 Å². The molecule has 0 aliphatic heterocycles. The van der Waals surface area contributed by atoms with Crippen LogP contribution in [0, 0.1) is 0 Å². The second-order valence-electron chi connectivity index (χ2n) is 6.84. The topological polar surface area (TPSA) is 97.0 Å². The van der Waals surface area contributed by atoms with Crippen molar-refractivity contribution >= 4 is 35.1 Å². The number of ether oxygens (including phenoxy) is 1. The Morgan fingerprint density at radius 1 is 1.18 bits per heavy atom. The number of halogens is 1. The van der Waals surface area contributed by atoms with Crippen molar-refractivity contribution in [3.63, 3.8) is 0 Å². The molecule has 4 rings (SSSR count). The molecule has 3 aromatic rings. The fourth-order valence-electron chi connectivity index (χ4n) is 3.55. The van der Waals surface area contributed by atoms with Crippen LogP contribution >= 0.6 is 11.6 Å². The molecule has 1 aliphatic carbocycles. The molecule has 28 heavy (non-hydrogen) atoms. The predicted octanol–water partition coefficient (Wildman–Crippen LogP) is 3.53. The van der Waals surface area contributed by atoms with Gasteiger partial charge in [-0.3, -0.25) is 9.59 Å². The summed E-state index contributed by atoms with van der Waals surface area (Å²) in [6.07, 6.45) is 5.02. The minimum Gasteiger partial charge on any atom is -0.465 e. The number of hydrogen-bond donors (Lipinski definition) is 2. The van der Waals surface area contributed by atoms with Gasteiger partial charge in [-0.15, -0.1) is 0 Å². The van der Waals surface area contributed by atoms with Gasteiger partial charge in [0, 0.05) is 33.8 Å². The molecule has 7 nitrogen and oxygen atoms in total. The van der Waals surface area contributed by atoms with Gasteiger partial charge >= 0.3 is 0 Å². The Hall–Kier alpha value is -2.93. The molecule has 1 fully saturated rings. The summed E-state index contributed by atoms with van der Waals surface area (Å²) >= 11 is 6.22. The van der Waals surface area contributed by atoms with Gasteiger partial charge in [-0.05, 0) is 37.8 Å². The summed E-state index contributed by atoms with van der Waals surface area (Å²) in [7, 11) is 0. The molecule has 2 heterocycles. The van der Waals surface area contributed by atoms with Crippen LogP contribution in [0.4, 0.5) is 5.95 Å². The second-order valence-corrected chi connectivity index (χ2v) is 7.25. The zero-order chi connectivity index (χ0) is 19.5. The molecule has 1 aliphatic rings. The van der Waals surface area contributed by atoms with E-state index in [0.29, 0.717) is 34.2 Å². The van der Waals surface area contributed by atoms with Crippen molar-refractivity contribution in [2.45, 2.75) is 37.8 Å². The SMILES string of the molecule is O=COC1CCC(Nc2ncc3cc(-c4ccccc4Cl)c(=O)[nH]c3n2)CC1. The second kappa shape index (κ2) is 7.98. The lowest BCUT2D eigenvalue weighted by molar-refractivity contribution is -0.134. The number of nitrogens with one attached hydrogen (secondary N) is 2. The molecule has 0 atom stereocenters. The Morgan fingerprint density at radius 2 is 1.96 bits per heavy atom. The quantitative estimate of drug-likeness (QED) is 0.638. The molecule has 8 heteroatoms. The molecule has 1 saturated carbocycles. The van der Waals surface area contributed by atoms with Crippen LogP contribution in [0.3, 0.4) is 0 Å². The van der Waals surface area contributed by atoms with Crippen LogP contribution in [0.25, 0.3) is 22.2 Å². The number of aromatic amines is 1. The van der Waals surface area contributed by atoms with Crippen LogP contribution in [0.2, 0.25) is 5.02 Å². The lowest BCUT2D eigenvalue weighted by Gasteiger charge is -2.27. The van der Waals surface area contributed by atoms with Gasteiger partial charge in [0.05, 0.1) is 0 Å². The van der Waals surface area contributed by atoms with E-state index in [0.717, 1.165) is 31.1 Å². The number of pyridine rings is 1. The summed E-state index contributed by atoms with van der Waals surface area (Å²) in [6, 6.07) is 9.17. The predicted molar refractivity (Wildman–Crippen MR) is 107 cm³/mol. The van der Waals surface area contributed by atoms with Crippen molar-refractivity contribution in [3.8, 4) is 11.1 Å². The maximum absolute atomic E-state index is 12.5. The monoisotopic (exact) mass is 398 g/mol. The highest BCUT2D eigenvalue weighted by molar-refractivity contribution is 6.33. The van der Waals surface area contributed by atoms with Crippen molar-refractivity contribution in [2.24, 2.45) is 0 Å². The third-order valence-corrected chi connectivity index (χ3v) is 5.34. The summed E-state index contributed by atoms with van der Waals surface area (Å²) in [6.45, 7) is 0.512. The van der Waals surface area contributed by atoms with Gasteiger partial charge in [-0.2, -0.15) is 4.98 Å². The highest BCUT2D eigenvalue weighted by Crippen LogP contribution is 2.27. The molecular formula is C20H19ClN4O3.